The molecular weight excluding hydrogens is 283 g/mol. The number of nitrogens with zero attached hydrogens (tertiary/aromatic N) is 4. The summed E-state index contributed by atoms with van der Waals surface area (Å²) in [5.74, 6) is 0.259. The Morgan fingerprint density at radius 2 is 2.05 bits per heavy atom. The number of methoxy groups -OCH3 is 1. The molecule has 1 aromatic heterocycles. The summed E-state index contributed by atoms with van der Waals surface area (Å²) in [7, 11) is 1.58. The maximum atomic E-state index is 13.6. The van der Waals surface area contributed by atoms with Gasteiger partial charge in [0.2, 0.25) is 0 Å². The van der Waals surface area contributed by atoms with Gasteiger partial charge in [-0.15, -0.1) is 5.10 Å². The van der Waals surface area contributed by atoms with Crippen molar-refractivity contribution in [3.8, 4) is 11.8 Å². The average molecular weight is 294 g/mol. The van der Waals surface area contributed by atoms with Gasteiger partial charge in [0.25, 0.3) is 0 Å². The van der Waals surface area contributed by atoms with Crippen LogP contribution in [0.4, 0.5) is 4.39 Å². The number of halogens is 1. The predicted octanol–water partition coefficient (Wildman–Crippen LogP) is 3.10. The van der Waals surface area contributed by atoms with Gasteiger partial charge in [-0.2, -0.15) is 5.26 Å². The van der Waals surface area contributed by atoms with Crippen molar-refractivity contribution in [2.45, 2.75) is 0 Å². The summed E-state index contributed by atoms with van der Waals surface area (Å²) >= 11 is 0. The van der Waals surface area contributed by atoms with Crippen LogP contribution >= 0.6 is 0 Å². The number of ether oxygens (including phenoxy) is 1. The minimum atomic E-state index is -0.467. The number of nitriles is 1. The lowest BCUT2D eigenvalue weighted by molar-refractivity contribution is 0.415. The van der Waals surface area contributed by atoms with Crippen molar-refractivity contribution in [2.24, 2.45) is 0 Å². The third-order valence-electron chi connectivity index (χ3n) is 3.19. The Hall–Kier alpha value is -3.20. The fraction of sp³-hybridized carbons (Fsp3) is 0.0625. The van der Waals surface area contributed by atoms with Gasteiger partial charge in [-0.1, -0.05) is 23.4 Å². The van der Waals surface area contributed by atoms with E-state index in [-0.39, 0.29) is 11.2 Å². The molecule has 0 aliphatic rings. The van der Waals surface area contributed by atoms with E-state index in [2.05, 4.69) is 16.4 Å². The van der Waals surface area contributed by atoms with E-state index in [1.54, 1.807) is 37.5 Å². The summed E-state index contributed by atoms with van der Waals surface area (Å²) in [6, 6.07) is 13.8. The largest absolute Gasteiger partial charge is 0.497 e. The van der Waals surface area contributed by atoms with E-state index in [0.29, 0.717) is 5.52 Å². The molecule has 3 rings (SSSR count). The van der Waals surface area contributed by atoms with Crippen molar-refractivity contribution in [3.05, 3.63) is 53.8 Å². The number of benzene rings is 2. The van der Waals surface area contributed by atoms with Crippen LogP contribution in [-0.4, -0.2) is 22.1 Å². The van der Waals surface area contributed by atoms with E-state index in [4.69, 9.17) is 4.74 Å². The van der Waals surface area contributed by atoms with Crippen LogP contribution in [0.5, 0.6) is 5.75 Å². The molecule has 0 atom stereocenters. The van der Waals surface area contributed by atoms with E-state index < -0.39 is 5.82 Å². The van der Waals surface area contributed by atoms with Crippen LogP contribution in [0.3, 0.4) is 0 Å². The van der Waals surface area contributed by atoms with Crippen LogP contribution in [0, 0.1) is 17.1 Å². The third-order valence-corrected chi connectivity index (χ3v) is 3.19. The van der Waals surface area contributed by atoms with Crippen molar-refractivity contribution in [2.75, 3.05) is 7.11 Å². The summed E-state index contributed by atoms with van der Waals surface area (Å²) in [6.45, 7) is 0. The summed E-state index contributed by atoms with van der Waals surface area (Å²) in [6.07, 6.45) is 1.65. The topological polar surface area (TPSA) is 63.7 Å². The molecule has 0 N–H and O–H groups in total. The fourth-order valence-corrected chi connectivity index (χ4v) is 2.09. The smallest absolute Gasteiger partial charge is 0.153 e. The zero-order valence-corrected chi connectivity index (χ0v) is 11.7. The molecule has 2 aromatic carbocycles. The molecule has 3 aromatic rings. The van der Waals surface area contributed by atoms with Gasteiger partial charge >= 0.3 is 0 Å². The molecule has 0 unspecified atom stereocenters. The van der Waals surface area contributed by atoms with E-state index in [9.17, 15) is 9.65 Å². The summed E-state index contributed by atoms with van der Waals surface area (Å²) in [4.78, 5) is 0. The minimum absolute atomic E-state index is 0.137. The Balaban J connectivity index is 2.07. The molecule has 5 nitrogen and oxygen atoms in total. The second-order valence-corrected chi connectivity index (χ2v) is 4.52. The molecule has 6 heteroatoms. The highest BCUT2D eigenvalue weighted by atomic mass is 19.1. The molecule has 108 valence electrons. The highest BCUT2D eigenvalue weighted by Gasteiger charge is 2.11. The maximum Gasteiger partial charge on any atom is 0.153 e. The van der Waals surface area contributed by atoms with Crippen molar-refractivity contribution >= 4 is 22.8 Å². The van der Waals surface area contributed by atoms with E-state index in [0.717, 1.165) is 11.3 Å². The molecule has 0 bridgehead atoms. The van der Waals surface area contributed by atoms with E-state index >= 15 is 0 Å². The van der Waals surface area contributed by atoms with Crippen molar-refractivity contribution in [1.82, 2.24) is 15.0 Å². The Morgan fingerprint density at radius 3 is 2.73 bits per heavy atom. The van der Waals surface area contributed by atoms with Gasteiger partial charge in [0.05, 0.1) is 12.6 Å². The van der Waals surface area contributed by atoms with Gasteiger partial charge in [0, 0.05) is 0 Å². The maximum absolute atomic E-state index is 13.6. The zero-order chi connectivity index (χ0) is 15.5. The highest BCUT2D eigenvalue weighted by molar-refractivity contribution is 5.86. The fourth-order valence-electron chi connectivity index (χ4n) is 2.09. The average Bonchev–Trinajstić information content (AvgIpc) is 2.98. The van der Waals surface area contributed by atoms with Gasteiger partial charge < -0.3 is 4.74 Å². The quantitative estimate of drug-likeness (QED) is 0.696. The van der Waals surface area contributed by atoms with Gasteiger partial charge in [-0.05, 0) is 35.9 Å². The first-order valence-corrected chi connectivity index (χ1v) is 6.49. The predicted molar refractivity (Wildman–Crippen MR) is 80.3 cm³/mol. The van der Waals surface area contributed by atoms with Crippen LogP contribution in [0.1, 0.15) is 5.56 Å². The SMILES string of the molecule is COc1ccc(/C=C(\C#N)n2nnc3c(F)cccc32)cc1. The van der Waals surface area contributed by atoms with E-state index in [1.807, 2.05) is 12.1 Å². The van der Waals surface area contributed by atoms with Crippen molar-refractivity contribution in [3.63, 3.8) is 0 Å². The van der Waals surface area contributed by atoms with Gasteiger partial charge in [-0.3, -0.25) is 0 Å². The van der Waals surface area contributed by atoms with Crippen molar-refractivity contribution < 1.29 is 9.13 Å². The second kappa shape index (κ2) is 5.66. The first-order chi connectivity index (χ1) is 10.7. The molecule has 0 fully saturated rings. The van der Waals surface area contributed by atoms with Gasteiger partial charge in [0.15, 0.2) is 5.82 Å². The molecule has 0 spiro atoms. The number of allylic oxidation sites excluding steroid dienone is 1. The Bertz CT molecular complexity index is 891. The lowest BCUT2D eigenvalue weighted by atomic mass is 10.2. The monoisotopic (exact) mass is 294 g/mol. The van der Waals surface area contributed by atoms with Crippen LogP contribution < -0.4 is 4.74 Å². The van der Waals surface area contributed by atoms with Gasteiger partial charge in [-0.25, -0.2) is 9.07 Å². The summed E-state index contributed by atoms with van der Waals surface area (Å²) in [5, 5.41) is 17.0. The van der Waals surface area contributed by atoms with E-state index in [1.165, 1.54) is 10.7 Å². The lowest BCUT2D eigenvalue weighted by Crippen LogP contribution is -1.97. The Labute approximate surface area is 125 Å². The van der Waals surface area contributed by atoms with Crippen LogP contribution in [0.15, 0.2) is 42.5 Å². The normalized spacial score (nSPS) is 11.4. The Kier molecular flexibility index (Phi) is 3.54. The summed E-state index contributed by atoms with van der Waals surface area (Å²) < 4.78 is 20.1. The Morgan fingerprint density at radius 1 is 1.27 bits per heavy atom. The molecule has 0 saturated carbocycles. The first-order valence-electron chi connectivity index (χ1n) is 6.49. The molecule has 0 aliphatic heterocycles. The highest BCUT2D eigenvalue weighted by Crippen LogP contribution is 2.20. The van der Waals surface area contributed by atoms with Gasteiger partial charge in [0.1, 0.15) is 23.0 Å². The lowest BCUT2D eigenvalue weighted by Gasteiger charge is -2.02. The third kappa shape index (κ3) is 2.40. The molecule has 0 saturated heterocycles. The molecule has 1 heterocycles. The number of rotatable bonds is 3. The number of hydrogen-bond donors (Lipinski definition) is 0. The van der Waals surface area contributed by atoms with Crippen LogP contribution in [-0.2, 0) is 0 Å². The molecule has 0 amide bonds. The standard InChI is InChI=1S/C16H11FN4O/c1-22-13-7-5-11(6-8-13)9-12(10-18)21-15-4-2-3-14(17)16(15)19-20-21/h2-9H,1H3/b12-9+. The second-order valence-electron chi connectivity index (χ2n) is 4.52. The number of fused-ring (bicyclic) bond motifs is 1. The molecule has 0 aliphatic carbocycles. The minimum Gasteiger partial charge on any atom is -0.497 e. The van der Waals surface area contributed by atoms with Crippen LogP contribution in [0.25, 0.3) is 22.8 Å². The first kappa shape index (κ1) is 13.8. The van der Waals surface area contributed by atoms with Crippen LogP contribution in [0.2, 0.25) is 0 Å². The number of aromatic nitrogens is 3. The number of hydrogen-bond acceptors (Lipinski definition) is 4. The molecular formula is C16H11FN4O. The summed E-state index contributed by atoms with van der Waals surface area (Å²) in [5.41, 5.74) is 1.63. The molecule has 22 heavy (non-hydrogen) atoms. The van der Waals surface area contributed by atoms with Crippen molar-refractivity contribution in [1.29, 1.82) is 5.26 Å². The molecule has 0 radical (unpaired) electrons. The zero-order valence-electron chi connectivity index (χ0n) is 11.7.